The van der Waals surface area contributed by atoms with Crippen molar-refractivity contribution in [2.75, 3.05) is 6.61 Å². The SMILES string of the molecule is CC1=C(COC(=O)CCCC(=O)OC(C)C(C)C)CCCC1. The molecule has 0 aromatic carbocycles. The molecule has 0 aromatic rings. The van der Waals surface area contributed by atoms with Crippen molar-refractivity contribution in [3.63, 3.8) is 0 Å². The van der Waals surface area contributed by atoms with Crippen LogP contribution >= 0.6 is 0 Å². The highest BCUT2D eigenvalue weighted by Gasteiger charge is 2.14. The molecule has 0 aromatic heterocycles. The normalized spacial score (nSPS) is 16.6. The van der Waals surface area contributed by atoms with E-state index in [-0.39, 0.29) is 30.9 Å². The second-order valence-electron chi connectivity index (χ2n) is 6.54. The van der Waals surface area contributed by atoms with E-state index in [1.807, 2.05) is 20.8 Å². The van der Waals surface area contributed by atoms with E-state index in [1.165, 1.54) is 24.0 Å². The van der Waals surface area contributed by atoms with Crippen LogP contribution < -0.4 is 0 Å². The molecule has 1 atom stereocenters. The Morgan fingerprint density at radius 2 is 1.68 bits per heavy atom. The molecule has 0 bridgehead atoms. The first-order valence-corrected chi connectivity index (χ1v) is 8.42. The van der Waals surface area contributed by atoms with Crippen LogP contribution in [0.5, 0.6) is 0 Å². The Labute approximate surface area is 134 Å². The number of esters is 2. The molecule has 1 aliphatic carbocycles. The summed E-state index contributed by atoms with van der Waals surface area (Å²) in [5, 5.41) is 0. The van der Waals surface area contributed by atoms with Gasteiger partial charge in [0, 0.05) is 12.8 Å². The quantitative estimate of drug-likeness (QED) is 0.498. The Morgan fingerprint density at radius 3 is 2.32 bits per heavy atom. The lowest BCUT2D eigenvalue weighted by atomic mass is 9.93. The van der Waals surface area contributed by atoms with Gasteiger partial charge in [-0.05, 0) is 57.4 Å². The largest absolute Gasteiger partial charge is 0.462 e. The maximum Gasteiger partial charge on any atom is 0.306 e. The first-order valence-electron chi connectivity index (χ1n) is 8.42. The van der Waals surface area contributed by atoms with Crippen molar-refractivity contribution in [2.24, 2.45) is 5.92 Å². The molecule has 1 rings (SSSR count). The minimum atomic E-state index is -0.236. The van der Waals surface area contributed by atoms with Gasteiger partial charge in [-0.3, -0.25) is 9.59 Å². The van der Waals surface area contributed by atoms with Crippen LogP contribution in [0.25, 0.3) is 0 Å². The van der Waals surface area contributed by atoms with Crippen LogP contribution in [0.1, 0.15) is 72.6 Å². The molecule has 0 saturated heterocycles. The Balaban J connectivity index is 2.17. The average Bonchev–Trinajstić information content (AvgIpc) is 2.46. The Kier molecular flexibility index (Phi) is 8.21. The van der Waals surface area contributed by atoms with Gasteiger partial charge in [0.2, 0.25) is 0 Å². The zero-order valence-electron chi connectivity index (χ0n) is 14.4. The topological polar surface area (TPSA) is 52.6 Å². The van der Waals surface area contributed by atoms with E-state index < -0.39 is 0 Å². The van der Waals surface area contributed by atoms with Crippen LogP contribution in [-0.4, -0.2) is 24.6 Å². The van der Waals surface area contributed by atoms with Gasteiger partial charge in [0.1, 0.15) is 12.7 Å². The van der Waals surface area contributed by atoms with Gasteiger partial charge >= 0.3 is 11.9 Å². The average molecular weight is 310 g/mol. The number of ether oxygens (including phenoxy) is 2. The summed E-state index contributed by atoms with van der Waals surface area (Å²) in [7, 11) is 0. The lowest BCUT2D eigenvalue weighted by Gasteiger charge is -2.17. The highest BCUT2D eigenvalue weighted by atomic mass is 16.5. The highest BCUT2D eigenvalue weighted by Crippen LogP contribution is 2.24. The van der Waals surface area contributed by atoms with E-state index in [0.717, 1.165) is 12.8 Å². The summed E-state index contributed by atoms with van der Waals surface area (Å²) in [4.78, 5) is 23.3. The predicted octanol–water partition coefficient (Wildman–Crippen LogP) is 4.18. The lowest BCUT2D eigenvalue weighted by molar-refractivity contribution is -0.150. The summed E-state index contributed by atoms with van der Waals surface area (Å²) >= 11 is 0. The molecule has 0 radical (unpaired) electrons. The molecule has 0 heterocycles. The van der Waals surface area contributed by atoms with E-state index >= 15 is 0 Å². The summed E-state index contributed by atoms with van der Waals surface area (Å²) in [6.07, 6.45) is 5.53. The zero-order valence-corrected chi connectivity index (χ0v) is 14.4. The number of allylic oxidation sites excluding steroid dienone is 1. The Morgan fingerprint density at radius 1 is 1.05 bits per heavy atom. The summed E-state index contributed by atoms with van der Waals surface area (Å²) in [5.41, 5.74) is 2.63. The molecule has 0 saturated carbocycles. The van der Waals surface area contributed by atoms with E-state index in [2.05, 4.69) is 6.92 Å². The smallest absolute Gasteiger partial charge is 0.306 e. The highest BCUT2D eigenvalue weighted by molar-refractivity contribution is 5.72. The number of carbonyl (C=O) groups is 2. The van der Waals surface area contributed by atoms with Gasteiger partial charge in [0.25, 0.3) is 0 Å². The summed E-state index contributed by atoms with van der Waals surface area (Å²) in [5.74, 6) is -0.156. The predicted molar refractivity (Wildman–Crippen MR) is 86.4 cm³/mol. The number of hydrogen-bond donors (Lipinski definition) is 0. The van der Waals surface area contributed by atoms with Crippen molar-refractivity contribution in [1.29, 1.82) is 0 Å². The van der Waals surface area contributed by atoms with Crippen LogP contribution in [0.4, 0.5) is 0 Å². The molecule has 4 heteroatoms. The van der Waals surface area contributed by atoms with Crippen molar-refractivity contribution < 1.29 is 19.1 Å². The molecular weight excluding hydrogens is 280 g/mol. The Bertz CT molecular complexity index is 409. The molecule has 0 fully saturated rings. The maximum absolute atomic E-state index is 11.7. The fourth-order valence-electron chi connectivity index (χ4n) is 2.33. The second kappa shape index (κ2) is 9.65. The van der Waals surface area contributed by atoms with Gasteiger partial charge in [-0.15, -0.1) is 0 Å². The Hall–Kier alpha value is -1.32. The van der Waals surface area contributed by atoms with Crippen LogP contribution in [0.3, 0.4) is 0 Å². The van der Waals surface area contributed by atoms with Crippen LogP contribution in [0.2, 0.25) is 0 Å². The molecule has 0 amide bonds. The van der Waals surface area contributed by atoms with E-state index in [1.54, 1.807) is 0 Å². The monoisotopic (exact) mass is 310 g/mol. The van der Waals surface area contributed by atoms with Crippen LogP contribution in [0.15, 0.2) is 11.1 Å². The van der Waals surface area contributed by atoms with Gasteiger partial charge in [-0.1, -0.05) is 19.4 Å². The zero-order chi connectivity index (χ0) is 16.5. The molecule has 0 N–H and O–H groups in total. The van der Waals surface area contributed by atoms with E-state index in [0.29, 0.717) is 18.9 Å². The van der Waals surface area contributed by atoms with Gasteiger partial charge in [0.15, 0.2) is 0 Å². The molecule has 22 heavy (non-hydrogen) atoms. The first-order chi connectivity index (χ1) is 10.4. The number of hydrogen-bond acceptors (Lipinski definition) is 4. The van der Waals surface area contributed by atoms with Crippen molar-refractivity contribution in [3.8, 4) is 0 Å². The number of rotatable bonds is 8. The maximum atomic E-state index is 11.7. The van der Waals surface area contributed by atoms with Crippen molar-refractivity contribution in [3.05, 3.63) is 11.1 Å². The second-order valence-corrected chi connectivity index (χ2v) is 6.54. The minimum absolute atomic E-state index is 0.0827. The van der Waals surface area contributed by atoms with Crippen LogP contribution in [-0.2, 0) is 19.1 Å². The molecule has 0 spiro atoms. The third kappa shape index (κ3) is 7.10. The van der Waals surface area contributed by atoms with Crippen molar-refractivity contribution >= 4 is 11.9 Å². The van der Waals surface area contributed by atoms with Gasteiger partial charge in [0.05, 0.1) is 0 Å². The summed E-state index contributed by atoms with van der Waals surface area (Å²) in [6, 6.07) is 0. The molecule has 4 nitrogen and oxygen atoms in total. The van der Waals surface area contributed by atoms with Gasteiger partial charge < -0.3 is 9.47 Å². The fourth-order valence-corrected chi connectivity index (χ4v) is 2.33. The standard InChI is InChI=1S/C18H30O4/c1-13(2)15(4)22-18(20)11-7-10-17(19)21-12-16-9-6-5-8-14(16)3/h13,15H,5-12H2,1-4H3. The van der Waals surface area contributed by atoms with Crippen molar-refractivity contribution in [1.82, 2.24) is 0 Å². The third-order valence-electron chi connectivity index (χ3n) is 4.31. The first kappa shape index (κ1) is 18.7. The molecular formula is C18H30O4. The summed E-state index contributed by atoms with van der Waals surface area (Å²) < 4.78 is 10.6. The van der Waals surface area contributed by atoms with E-state index in [9.17, 15) is 9.59 Å². The summed E-state index contributed by atoms with van der Waals surface area (Å²) in [6.45, 7) is 8.44. The van der Waals surface area contributed by atoms with Gasteiger partial charge in [-0.2, -0.15) is 0 Å². The molecule has 1 aliphatic rings. The lowest BCUT2D eigenvalue weighted by Crippen LogP contribution is -2.20. The molecule has 1 unspecified atom stereocenters. The van der Waals surface area contributed by atoms with Gasteiger partial charge in [-0.25, -0.2) is 0 Å². The van der Waals surface area contributed by atoms with Crippen molar-refractivity contribution in [2.45, 2.75) is 78.7 Å². The fraction of sp³-hybridized carbons (Fsp3) is 0.778. The van der Waals surface area contributed by atoms with E-state index in [4.69, 9.17) is 9.47 Å². The molecule has 0 aliphatic heterocycles. The minimum Gasteiger partial charge on any atom is -0.462 e. The molecule has 126 valence electrons. The van der Waals surface area contributed by atoms with Crippen LogP contribution in [0, 0.1) is 5.92 Å². The third-order valence-corrected chi connectivity index (χ3v) is 4.31. The number of carbonyl (C=O) groups excluding carboxylic acids is 2.